The van der Waals surface area contributed by atoms with Crippen LogP contribution in [0.2, 0.25) is 0 Å². The summed E-state index contributed by atoms with van der Waals surface area (Å²) in [6.45, 7) is 0.912. The number of aromatic nitrogens is 1. The number of H-pyrrole nitrogens is 1. The Morgan fingerprint density at radius 2 is 1.94 bits per heavy atom. The van der Waals surface area contributed by atoms with Crippen LogP contribution < -0.4 is 5.32 Å². The third kappa shape index (κ3) is 6.08. The quantitative estimate of drug-likeness (QED) is 0.511. The molecule has 33 heavy (non-hydrogen) atoms. The van der Waals surface area contributed by atoms with Gasteiger partial charge in [-0.1, -0.05) is 36.4 Å². The van der Waals surface area contributed by atoms with E-state index in [1.807, 2.05) is 67.7 Å². The Labute approximate surface area is 193 Å². The minimum Gasteiger partial charge on any atom is -0.445 e. The predicted octanol–water partition coefficient (Wildman–Crippen LogP) is 4.04. The van der Waals surface area contributed by atoms with Crippen molar-refractivity contribution in [1.29, 1.82) is 0 Å². The van der Waals surface area contributed by atoms with E-state index in [1.54, 1.807) is 6.21 Å². The molecular formula is C26H30N4O3. The number of aromatic amines is 1. The summed E-state index contributed by atoms with van der Waals surface area (Å²) in [5, 5.41) is 4.09. The summed E-state index contributed by atoms with van der Waals surface area (Å²) < 4.78 is 5.32. The van der Waals surface area contributed by atoms with Gasteiger partial charge in [-0.05, 0) is 61.7 Å². The smallest absolute Gasteiger partial charge is 0.407 e. The molecule has 2 amide bonds. The third-order valence-electron chi connectivity index (χ3n) is 5.93. The first kappa shape index (κ1) is 22.7. The largest absolute Gasteiger partial charge is 0.445 e. The molecule has 1 fully saturated rings. The van der Waals surface area contributed by atoms with E-state index in [9.17, 15) is 9.59 Å². The van der Waals surface area contributed by atoms with E-state index in [0.717, 1.165) is 34.9 Å². The van der Waals surface area contributed by atoms with Gasteiger partial charge >= 0.3 is 6.09 Å². The molecule has 0 bridgehead atoms. The van der Waals surface area contributed by atoms with Crippen LogP contribution in [-0.2, 0) is 22.6 Å². The lowest BCUT2D eigenvalue weighted by Crippen LogP contribution is -2.43. The van der Waals surface area contributed by atoms with Crippen molar-refractivity contribution >= 4 is 29.1 Å². The van der Waals surface area contributed by atoms with Gasteiger partial charge in [-0.15, -0.1) is 0 Å². The zero-order valence-electron chi connectivity index (χ0n) is 19.1. The maximum absolute atomic E-state index is 12.2. The van der Waals surface area contributed by atoms with Gasteiger partial charge < -0.3 is 19.9 Å². The lowest BCUT2D eigenvalue weighted by Gasteiger charge is -2.35. The van der Waals surface area contributed by atoms with Crippen molar-refractivity contribution in [1.82, 2.24) is 15.2 Å². The number of rotatable bonds is 8. The molecule has 2 aromatic carbocycles. The van der Waals surface area contributed by atoms with Crippen molar-refractivity contribution in [2.45, 2.75) is 37.8 Å². The van der Waals surface area contributed by atoms with Gasteiger partial charge in [-0.25, -0.2) is 9.79 Å². The standard InChI is InChI=1S/C26H30N4O3/c1-30(2)11-10-27-25(31)13-19-8-9-24-22(12-19)23(16-28-24)20-14-21(15-20)29-26(32)33-17-18-6-4-3-5-7-18/h3-10,12,16,20-21,28H,11,13-15,17H2,1-2H3,(H,29,32)/t20-,21-. The van der Waals surface area contributed by atoms with E-state index >= 15 is 0 Å². The van der Waals surface area contributed by atoms with Gasteiger partial charge in [0.25, 0.3) is 0 Å². The number of benzene rings is 2. The Morgan fingerprint density at radius 1 is 1.15 bits per heavy atom. The summed E-state index contributed by atoms with van der Waals surface area (Å²) in [5.74, 6) is 0.220. The highest BCUT2D eigenvalue weighted by Gasteiger charge is 2.33. The van der Waals surface area contributed by atoms with E-state index in [0.29, 0.717) is 12.5 Å². The number of aliphatic imine (C=N–C) groups is 1. The van der Waals surface area contributed by atoms with Crippen molar-refractivity contribution in [3.63, 3.8) is 0 Å². The minimum absolute atomic E-state index is 0.110. The summed E-state index contributed by atoms with van der Waals surface area (Å²) in [4.78, 5) is 33.6. The fraction of sp³-hybridized carbons (Fsp3) is 0.346. The first-order chi connectivity index (χ1) is 16.0. The van der Waals surface area contributed by atoms with Crippen LogP contribution in [0.3, 0.4) is 0 Å². The molecule has 7 heteroatoms. The zero-order valence-corrected chi connectivity index (χ0v) is 19.1. The fourth-order valence-electron chi connectivity index (χ4n) is 4.08. The number of nitrogens with zero attached hydrogens (tertiary/aromatic N) is 2. The molecule has 4 rings (SSSR count). The maximum atomic E-state index is 12.2. The molecule has 7 nitrogen and oxygen atoms in total. The van der Waals surface area contributed by atoms with Gasteiger partial charge in [-0.3, -0.25) is 4.79 Å². The first-order valence-electron chi connectivity index (χ1n) is 11.2. The zero-order chi connectivity index (χ0) is 23.2. The molecule has 0 unspecified atom stereocenters. The number of amides is 2. The second-order valence-electron chi connectivity index (χ2n) is 8.84. The molecule has 2 N–H and O–H groups in total. The molecule has 0 atom stereocenters. The number of hydrogen-bond acceptors (Lipinski definition) is 4. The topological polar surface area (TPSA) is 86.8 Å². The van der Waals surface area contributed by atoms with E-state index in [4.69, 9.17) is 4.74 Å². The monoisotopic (exact) mass is 446 g/mol. The molecule has 0 spiro atoms. The van der Waals surface area contributed by atoms with Crippen LogP contribution >= 0.6 is 0 Å². The van der Waals surface area contributed by atoms with Crippen molar-refractivity contribution in [3.8, 4) is 0 Å². The SMILES string of the molecule is CN(C)CC=NC(=O)Cc1ccc2[nH]cc([C@H]3C[C@H](NC(=O)OCc4ccccc4)C3)c2c1. The number of carbonyl (C=O) groups excluding carboxylic acids is 2. The van der Waals surface area contributed by atoms with E-state index in [2.05, 4.69) is 21.4 Å². The lowest BCUT2D eigenvalue weighted by molar-refractivity contribution is -0.117. The molecule has 1 heterocycles. The van der Waals surface area contributed by atoms with Crippen molar-refractivity contribution in [3.05, 3.63) is 71.4 Å². The van der Waals surface area contributed by atoms with Gasteiger partial charge in [-0.2, -0.15) is 0 Å². The molecule has 0 radical (unpaired) electrons. The predicted molar refractivity (Wildman–Crippen MR) is 130 cm³/mol. The fourth-order valence-corrected chi connectivity index (χ4v) is 4.08. The Kier molecular flexibility index (Phi) is 7.19. The molecular weight excluding hydrogens is 416 g/mol. The number of ether oxygens (including phenoxy) is 1. The van der Waals surface area contributed by atoms with Gasteiger partial charge in [0.1, 0.15) is 6.61 Å². The average Bonchev–Trinajstić information content (AvgIpc) is 3.17. The van der Waals surface area contributed by atoms with Crippen LogP contribution in [-0.4, -0.2) is 54.8 Å². The normalized spacial score (nSPS) is 17.9. The summed E-state index contributed by atoms with van der Waals surface area (Å²) in [6, 6.07) is 15.8. The van der Waals surface area contributed by atoms with Gasteiger partial charge in [0.05, 0.1) is 6.42 Å². The average molecular weight is 447 g/mol. The second kappa shape index (κ2) is 10.4. The number of fused-ring (bicyclic) bond motifs is 1. The Hall–Kier alpha value is -3.45. The highest BCUT2D eigenvalue weighted by Crippen LogP contribution is 2.40. The Balaban J connectivity index is 1.30. The lowest BCUT2D eigenvalue weighted by atomic mass is 9.76. The third-order valence-corrected chi connectivity index (χ3v) is 5.93. The van der Waals surface area contributed by atoms with Crippen molar-refractivity contribution in [2.75, 3.05) is 20.6 Å². The number of carbonyl (C=O) groups is 2. The number of alkyl carbamates (subject to hydrolysis) is 1. The summed E-state index contributed by atoms with van der Waals surface area (Å²) in [6.07, 6.45) is 5.33. The van der Waals surface area contributed by atoms with Gasteiger partial charge in [0.2, 0.25) is 5.91 Å². The van der Waals surface area contributed by atoms with Crippen LogP contribution in [0.5, 0.6) is 0 Å². The summed E-state index contributed by atoms with van der Waals surface area (Å²) >= 11 is 0. The Morgan fingerprint density at radius 3 is 2.70 bits per heavy atom. The molecule has 1 aliphatic rings. The number of hydrogen-bond donors (Lipinski definition) is 2. The molecule has 1 aromatic heterocycles. The van der Waals surface area contributed by atoms with Crippen molar-refractivity contribution in [2.24, 2.45) is 4.99 Å². The number of nitrogens with one attached hydrogen (secondary N) is 2. The van der Waals surface area contributed by atoms with Gasteiger partial charge in [0.15, 0.2) is 0 Å². The molecule has 3 aromatic rings. The molecule has 0 aliphatic heterocycles. The van der Waals surface area contributed by atoms with E-state index in [-0.39, 0.29) is 31.1 Å². The van der Waals surface area contributed by atoms with Crippen LogP contribution in [0.1, 0.15) is 35.4 Å². The second-order valence-corrected chi connectivity index (χ2v) is 8.84. The summed E-state index contributed by atoms with van der Waals surface area (Å²) in [7, 11) is 3.87. The highest BCUT2D eigenvalue weighted by atomic mass is 16.5. The molecule has 1 aliphatic carbocycles. The van der Waals surface area contributed by atoms with E-state index < -0.39 is 0 Å². The maximum Gasteiger partial charge on any atom is 0.407 e. The Bertz CT molecular complexity index is 1130. The molecule has 1 saturated carbocycles. The van der Waals surface area contributed by atoms with Crippen LogP contribution in [0.4, 0.5) is 4.79 Å². The van der Waals surface area contributed by atoms with Crippen LogP contribution in [0, 0.1) is 0 Å². The first-order valence-corrected chi connectivity index (χ1v) is 11.2. The minimum atomic E-state index is -0.378. The molecule has 0 saturated heterocycles. The van der Waals surface area contributed by atoms with Crippen molar-refractivity contribution < 1.29 is 14.3 Å². The van der Waals surface area contributed by atoms with Crippen LogP contribution in [0.15, 0.2) is 59.7 Å². The summed E-state index contributed by atoms with van der Waals surface area (Å²) in [5.41, 5.74) is 4.20. The molecule has 172 valence electrons. The van der Waals surface area contributed by atoms with E-state index in [1.165, 1.54) is 5.56 Å². The van der Waals surface area contributed by atoms with Gasteiger partial charge in [0, 0.05) is 35.9 Å². The van der Waals surface area contributed by atoms with Crippen LogP contribution in [0.25, 0.3) is 10.9 Å². The highest BCUT2D eigenvalue weighted by molar-refractivity contribution is 5.89.